The third-order valence-electron chi connectivity index (χ3n) is 6.56. The lowest BCUT2D eigenvalue weighted by atomic mass is 9.83. The van der Waals surface area contributed by atoms with E-state index in [2.05, 4.69) is 17.4 Å². The van der Waals surface area contributed by atoms with Crippen molar-refractivity contribution in [2.45, 2.75) is 51.1 Å². The summed E-state index contributed by atoms with van der Waals surface area (Å²) < 4.78 is 92.0. The highest BCUT2D eigenvalue weighted by molar-refractivity contribution is 6.20. The van der Waals surface area contributed by atoms with Gasteiger partial charge < -0.3 is 16.0 Å². The molecule has 0 fully saturated rings. The number of alkyl halides is 6. The van der Waals surface area contributed by atoms with Crippen LogP contribution in [0.1, 0.15) is 42.4 Å². The SMILES string of the molecule is [CH2]N1C(=O)[C@@H](NC(=O)[C@H](CCC(F)(F)F)[C@H](CCC(F)(F)F)C(N)=O)N=C(c2cccc(F)c2)c2cccc(C)c21. The van der Waals surface area contributed by atoms with Gasteiger partial charge in [0.15, 0.2) is 0 Å². The van der Waals surface area contributed by atoms with Gasteiger partial charge in [-0.15, -0.1) is 0 Å². The van der Waals surface area contributed by atoms with E-state index < -0.39 is 79.6 Å². The Morgan fingerprint density at radius 1 is 1.02 bits per heavy atom. The number of hydrogen-bond acceptors (Lipinski definition) is 4. The molecule has 2 aromatic rings. The van der Waals surface area contributed by atoms with E-state index in [1.165, 1.54) is 12.1 Å². The fourth-order valence-corrected chi connectivity index (χ4v) is 4.62. The van der Waals surface area contributed by atoms with E-state index in [0.717, 1.165) is 17.0 Å². The lowest BCUT2D eigenvalue weighted by molar-refractivity contribution is -0.152. The first kappa shape index (κ1) is 31.6. The minimum atomic E-state index is -4.81. The molecule has 14 heteroatoms. The number of primary amides is 1. The van der Waals surface area contributed by atoms with Crippen molar-refractivity contribution in [2.24, 2.45) is 22.6 Å². The fourth-order valence-electron chi connectivity index (χ4n) is 4.62. The monoisotopic (exact) mass is 587 g/mol. The molecule has 0 aromatic heterocycles. The van der Waals surface area contributed by atoms with Crippen LogP contribution in [0.25, 0.3) is 0 Å². The van der Waals surface area contributed by atoms with Gasteiger partial charge in [-0.25, -0.2) is 9.38 Å². The number of para-hydroxylation sites is 1. The number of benzodiazepines with no additional fused rings is 1. The number of aryl methyl sites for hydroxylation is 1. The average molecular weight is 588 g/mol. The molecule has 0 aliphatic carbocycles. The predicted molar refractivity (Wildman–Crippen MR) is 135 cm³/mol. The van der Waals surface area contributed by atoms with Crippen LogP contribution in [0.15, 0.2) is 47.5 Å². The molecule has 0 saturated heterocycles. The van der Waals surface area contributed by atoms with Crippen LogP contribution in [0.3, 0.4) is 0 Å². The highest BCUT2D eigenvalue weighted by Gasteiger charge is 2.41. The van der Waals surface area contributed by atoms with Crippen molar-refractivity contribution in [1.29, 1.82) is 0 Å². The number of nitrogens with zero attached hydrogens (tertiary/aromatic N) is 2. The Morgan fingerprint density at radius 3 is 2.17 bits per heavy atom. The number of aliphatic imine (C=N–C) groups is 1. The third-order valence-corrected chi connectivity index (χ3v) is 6.56. The van der Waals surface area contributed by atoms with Gasteiger partial charge in [0, 0.05) is 42.9 Å². The number of rotatable bonds is 9. The Labute approximate surface area is 230 Å². The van der Waals surface area contributed by atoms with Crippen molar-refractivity contribution in [3.63, 3.8) is 0 Å². The van der Waals surface area contributed by atoms with Gasteiger partial charge in [-0.1, -0.05) is 30.3 Å². The van der Waals surface area contributed by atoms with Crippen LogP contribution in [-0.2, 0) is 14.4 Å². The van der Waals surface area contributed by atoms with Crippen LogP contribution in [0.5, 0.6) is 0 Å². The molecule has 0 unspecified atom stereocenters. The van der Waals surface area contributed by atoms with Gasteiger partial charge in [0.05, 0.1) is 11.4 Å². The number of halogens is 7. The summed E-state index contributed by atoms with van der Waals surface area (Å²) >= 11 is 0. The zero-order chi connectivity index (χ0) is 30.7. The van der Waals surface area contributed by atoms with Crippen molar-refractivity contribution < 1.29 is 45.1 Å². The second-order valence-electron chi connectivity index (χ2n) is 9.56. The van der Waals surface area contributed by atoms with E-state index in [-0.39, 0.29) is 17.0 Å². The topological polar surface area (TPSA) is 105 Å². The van der Waals surface area contributed by atoms with Crippen LogP contribution < -0.4 is 16.0 Å². The van der Waals surface area contributed by atoms with Crippen molar-refractivity contribution in [3.8, 4) is 0 Å². The molecule has 221 valence electrons. The molecule has 7 nitrogen and oxygen atoms in total. The Kier molecular flexibility index (Phi) is 9.44. The highest BCUT2D eigenvalue weighted by atomic mass is 19.4. The van der Waals surface area contributed by atoms with Gasteiger partial charge in [-0.2, -0.15) is 26.3 Å². The first-order valence-electron chi connectivity index (χ1n) is 12.3. The summed E-state index contributed by atoms with van der Waals surface area (Å²) in [6, 6.07) is 9.96. The summed E-state index contributed by atoms with van der Waals surface area (Å²) in [7, 11) is 3.71. The minimum absolute atomic E-state index is 0.0309. The highest BCUT2D eigenvalue weighted by Crippen LogP contribution is 2.34. The Balaban J connectivity index is 2.06. The van der Waals surface area contributed by atoms with E-state index in [0.29, 0.717) is 11.1 Å². The third kappa shape index (κ3) is 8.04. The number of carbonyl (C=O) groups is 3. The summed E-state index contributed by atoms with van der Waals surface area (Å²) in [6.07, 6.45) is -16.7. The Bertz CT molecular complexity index is 1340. The van der Waals surface area contributed by atoms with Gasteiger partial charge in [-0.3, -0.25) is 14.4 Å². The molecule has 1 aliphatic rings. The fraction of sp³-hybridized carbons (Fsp3) is 0.370. The number of anilines is 1. The maximum atomic E-state index is 14.1. The lowest BCUT2D eigenvalue weighted by Gasteiger charge is -2.27. The van der Waals surface area contributed by atoms with Crippen molar-refractivity contribution in [2.75, 3.05) is 4.90 Å². The summed E-state index contributed by atoms with van der Waals surface area (Å²) in [5.41, 5.74) is 6.57. The van der Waals surface area contributed by atoms with E-state index in [4.69, 9.17) is 5.73 Å². The van der Waals surface area contributed by atoms with Gasteiger partial charge in [-0.05, 0) is 37.5 Å². The van der Waals surface area contributed by atoms with Crippen LogP contribution in [0, 0.1) is 31.6 Å². The number of fused-ring (bicyclic) bond motifs is 1. The molecule has 3 amide bonds. The predicted octanol–water partition coefficient (Wildman–Crippen LogP) is 4.95. The molecule has 0 spiro atoms. The first-order valence-corrected chi connectivity index (χ1v) is 12.3. The molecular weight excluding hydrogens is 561 g/mol. The van der Waals surface area contributed by atoms with Crippen molar-refractivity contribution in [3.05, 3.63) is 72.0 Å². The van der Waals surface area contributed by atoms with Crippen LogP contribution in [-0.4, -0.2) is 42.0 Å². The van der Waals surface area contributed by atoms with E-state index in [9.17, 15) is 45.1 Å². The second kappa shape index (κ2) is 12.3. The standard InChI is InChI=1S/C27H26F7N4O3/c1-14-5-3-8-19-20(15-6-4-7-16(28)13-15)36-23(25(41)38(2)21(14)19)37-24(40)18(10-12-27(32,33)34)17(22(35)39)9-11-26(29,30)31/h3-8,13,17-18,23H,2,9-12H2,1H3,(H2,35,39)(H,37,40)/t17-,18+,23+/m0/s1. The van der Waals surface area contributed by atoms with Gasteiger partial charge in [0.25, 0.3) is 5.91 Å². The van der Waals surface area contributed by atoms with Gasteiger partial charge >= 0.3 is 12.4 Å². The largest absolute Gasteiger partial charge is 0.389 e. The molecule has 2 aromatic carbocycles. The molecular formula is C27H26F7N4O3. The zero-order valence-electron chi connectivity index (χ0n) is 21.7. The molecule has 3 N–H and O–H groups in total. The number of carbonyl (C=O) groups excluding carboxylic acids is 3. The average Bonchev–Trinajstić information content (AvgIpc) is 2.95. The maximum absolute atomic E-state index is 14.1. The molecule has 1 aliphatic heterocycles. The summed E-state index contributed by atoms with van der Waals surface area (Å²) in [4.78, 5) is 43.9. The van der Waals surface area contributed by atoms with E-state index in [1.807, 2.05) is 0 Å². The molecule has 41 heavy (non-hydrogen) atoms. The molecule has 1 heterocycles. The lowest BCUT2D eigenvalue weighted by Crippen LogP contribution is -2.50. The molecule has 0 saturated carbocycles. The Hall–Kier alpha value is -3.97. The first-order chi connectivity index (χ1) is 19.0. The molecule has 3 rings (SSSR count). The normalized spacial score (nSPS) is 17.3. The van der Waals surface area contributed by atoms with Crippen molar-refractivity contribution >= 4 is 29.1 Å². The van der Waals surface area contributed by atoms with Crippen LogP contribution in [0.2, 0.25) is 0 Å². The minimum Gasteiger partial charge on any atom is -0.369 e. The number of hydrogen-bond donors (Lipinski definition) is 2. The molecule has 3 atom stereocenters. The van der Waals surface area contributed by atoms with E-state index >= 15 is 0 Å². The quantitative estimate of drug-likeness (QED) is 0.406. The number of benzene rings is 2. The molecule has 0 bridgehead atoms. The number of nitrogens with two attached hydrogens (primary N) is 1. The zero-order valence-corrected chi connectivity index (χ0v) is 21.7. The maximum Gasteiger partial charge on any atom is 0.389 e. The summed E-state index contributed by atoms with van der Waals surface area (Å²) in [5, 5.41) is 2.17. The summed E-state index contributed by atoms with van der Waals surface area (Å²) in [6.45, 7) is 1.65. The van der Waals surface area contributed by atoms with Gasteiger partial charge in [0.2, 0.25) is 18.0 Å². The molecule has 1 radical (unpaired) electrons. The Morgan fingerprint density at radius 2 is 1.61 bits per heavy atom. The van der Waals surface area contributed by atoms with Gasteiger partial charge in [0.1, 0.15) is 5.82 Å². The van der Waals surface area contributed by atoms with Crippen molar-refractivity contribution in [1.82, 2.24) is 5.32 Å². The second-order valence-corrected chi connectivity index (χ2v) is 9.56. The smallest absolute Gasteiger partial charge is 0.369 e. The van der Waals surface area contributed by atoms with Crippen LogP contribution in [0.4, 0.5) is 36.4 Å². The van der Waals surface area contributed by atoms with E-state index in [1.54, 1.807) is 25.1 Å². The summed E-state index contributed by atoms with van der Waals surface area (Å²) in [5.74, 6) is -8.24. The van der Waals surface area contributed by atoms with Crippen LogP contribution >= 0.6 is 0 Å². The number of amides is 3. The number of nitrogens with one attached hydrogen (secondary N) is 1.